The maximum absolute atomic E-state index is 11.9. The van der Waals surface area contributed by atoms with Crippen molar-refractivity contribution in [1.29, 1.82) is 0 Å². The van der Waals surface area contributed by atoms with Gasteiger partial charge in [0.1, 0.15) is 6.10 Å². The van der Waals surface area contributed by atoms with E-state index in [1.165, 1.54) is 0 Å². The molecule has 0 bridgehead atoms. The number of amides is 2. The molecule has 2 fully saturated rings. The highest BCUT2D eigenvalue weighted by Gasteiger charge is 2.25. The van der Waals surface area contributed by atoms with Crippen molar-refractivity contribution in [2.75, 3.05) is 13.2 Å². The van der Waals surface area contributed by atoms with Crippen LogP contribution in [0.4, 0.5) is 4.79 Å². The molecule has 0 aromatic heterocycles. The Hall–Kier alpha value is -1.30. The number of rotatable bonds is 6. The summed E-state index contributed by atoms with van der Waals surface area (Å²) < 4.78 is 11.0. The third kappa shape index (κ3) is 5.83. The molecule has 126 valence electrons. The lowest BCUT2D eigenvalue weighted by Crippen LogP contribution is -2.44. The molecular formula is C16H28N2O4. The van der Waals surface area contributed by atoms with Gasteiger partial charge in [-0.15, -0.1) is 0 Å². The van der Waals surface area contributed by atoms with Gasteiger partial charge in [-0.1, -0.05) is 0 Å². The van der Waals surface area contributed by atoms with Gasteiger partial charge in [-0.2, -0.15) is 0 Å². The molecule has 1 unspecified atom stereocenters. The Morgan fingerprint density at radius 3 is 2.59 bits per heavy atom. The fraction of sp³-hybridized carbons (Fsp3) is 0.875. The van der Waals surface area contributed by atoms with Gasteiger partial charge in [0.2, 0.25) is 0 Å². The second-order valence-electron chi connectivity index (χ2n) is 6.14. The maximum atomic E-state index is 11.9. The van der Waals surface area contributed by atoms with E-state index in [1.54, 1.807) is 0 Å². The fourth-order valence-corrected chi connectivity index (χ4v) is 3.12. The van der Waals surface area contributed by atoms with Crippen LogP contribution in [-0.2, 0) is 14.3 Å². The lowest BCUT2D eigenvalue weighted by Gasteiger charge is -2.29. The van der Waals surface area contributed by atoms with E-state index >= 15 is 0 Å². The first-order valence-corrected chi connectivity index (χ1v) is 8.52. The minimum absolute atomic E-state index is 0.00397. The smallest absolute Gasteiger partial charge is 0.314 e. The molecule has 22 heavy (non-hydrogen) atoms. The summed E-state index contributed by atoms with van der Waals surface area (Å²) in [6, 6.07) is 0.0768. The summed E-state index contributed by atoms with van der Waals surface area (Å²) in [7, 11) is 0. The zero-order valence-electron chi connectivity index (χ0n) is 13.4. The Kier molecular flexibility index (Phi) is 6.96. The molecule has 0 radical (unpaired) electrons. The van der Waals surface area contributed by atoms with E-state index in [0.29, 0.717) is 13.0 Å². The second-order valence-corrected chi connectivity index (χ2v) is 6.14. The standard InChI is InChI=1S/C16H28N2O4/c1-2-17-16(20)18-12-5-7-14(8-6-12)22-15(19)10-9-13-4-3-11-21-13/h12-14H,2-11H2,1H3,(H2,17,18,20). The normalized spacial score (nSPS) is 28.1. The quantitative estimate of drug-likeness (QED) is 0.737. The first-order chi connectivity index (χ1) is 10.7. The van der Waals surface area contributed by atoms with E-state index < -0.39 is 0 Å². The predicted molar refractivity (Wildman–Crippen MR) is 82.6 cm³/mol. The Morgan fingerprint density at radius 1 is 1.18 bits per heavy atom. The van der Waals surface area contributed by atoms with E-state index in [1.807, 2.05) is 6.92 Å². The van der Waals surface area contributed by atoms with Crippen LogP contribution in [-0.4, -0.2) is 43.4 Å². The topological polar surface area (TPSA) is 76.7 Å². The Balaban J connectivity index is 1.58. The van der Waals surface area contributed by atoms with Crippen LogP contribution in [0.1, 0.15) is 58.3 Å². The van der Waals surface area contributed by atoms with Crippen LogP contribution in [0.15, 0.2) is 0 Å². The SMILES string of the molecule is CCNC(=O)NC1CCC(OC(=O)CCC2CCCO2)CC1. The van der Waals surface area contributed by atoms with Gasteiger partial charge in [-0.25, -0.2) is 4.79 Å². The molecule has 0 aromatic rings. The highest BCUT2D eigenvalue weighted by atomic mass is 16.5. The van der Waals surface area contributed by atoms with Gasteiger partial charge in [0.05, 0.1) is 6.10 Å². The molecule has 2 rings (SSSR count). The zero-order chi connectivity index (χ0) is 15.8. The van der Waals surface area contributed by atoms with Crippen LogP contribution in [0.3, 0.4) is 0 Å². The summed E-state index contributed by atoms with van der Waals surface area (Å²) in [5, 5.41) is 5.68. The fourth-order valence-electron chi connectivity index (χ4n) is 3.12. The molecule has 2 N–H and O–H groups in total. The van der Waals surface area contributed by atoms with Crippen LogP contribution in [0.5, 0.6) is 0 Å². The van der Waals surface area contributed by atoms with Crippen molar-refractivity contribution in [2.24, 2.45) is 0 Å². The van der Waals surface area contributed by atoms with E-state index in [-0.39, 0.29) is 30.3 Å². The number of ether oxygens (including phenoxy) is 2. The van der Waals surface area contributed by atoms with Gasteiger partial charge in [0, 0.05) is 25.6 Å². The molecule has 2 amide bonds. The van der Waals surface area contributed by atoms with E-state index in [4.69, 9.17) is 9.47 Å². The number of nitrogens with one attached hydrogen (secondary N) is 2. The molecule has 0 spiro atoms. The Morgan fingerprint density at radius 2 is 1.95 bits per heavy atom. The molecule has 0 aromatic carbocycles. The number of carbonyl (C=O) groups excluding carboxylic acids is 2. The van der Waals surface area contributed by atoms with Crippen LogP contribution in [0, 0.1) is 0 Å². The largest absolute Gasteiger partial charge is 0.462 e. The number of hydrogen-bond donors (Lipinski definition) is 2. The molecule has 1 atom stereocenters. The van der Waals surface area contributed by atoms with Crippen molar-refractivity contribution < 1.29 is 19.1 Å². The van der Waals surface area contributed by atoms with Crippen molar-refractivity contribution in [3.63, 3.8) is 0 Å². The maximum Gasteiger partial charge on any atom is 0.314 e. The molecule has 6 nitrogen and oxygen atoms in total. The van der Waals surface area contributed by atoms with Crippen LogP contribution >= 0.6 is 0 Å². The Bertz CT molecular complexity index is 361. The first-order valence-electron chi connectivity index (χ1n) is 8.52. The van der Waals surface area contributed by atoms with Gasteiger partial charge >= 0.3 is 12.0 Å². The summed E-state index contributed by atoms with van der Waals surface area (Å²) in [5.74, 6) is -0.115. The second kappa shape index (κ2) is 8.98. The molecule has 1 saturated heterocycles. The summed E-state index contributed by atoms with van der Waals surface area (Å²) in [5.41, 5.74) is 0. The highest BCUT2D eigenvalue weighted by molar-refractivity contribution is 5.74. The predicted octanol–water partition coefficient (Wildman–Crippen LogP) is 2.12. The molecule has 2 aliphatic rings. The summed E-state index contributed by atoms with van der Waals surface area (Å²) in [4.78, 5) is 23.3. The van der Waals surface area contributed by atoms with Crippen molar-refractivity contribution in [3.05, 3.63) is 0 Å². The van der Waals surface area contributed by atoms with E-state index in [2.05, 4.69) is 10.6 Å². The van der Waals surface area contributed by atoms with Gasteiger partial charge in [0.15, 0.2) is 0 Å². The van der Waals surface area contributed by atoms with Crippen molar-refractivity contribution in [2.45, 2.75) is 76.5 Å². The minimum Gasteiger partial charge on any atom is -0.462 e. The first kappa shape index (κ1) is 17.1. The molecule has 1 saturated carbocycles. The molecule has 1 aliphatic heterocycles. The number of urea groups is 1. The lowest BCUT2D eigenvalue weighted by molar-refractivity contribution is -0.151. The van der Waals surface area contributed by atoms with E-state index in [0.717, 1.165) is 51.6 Å². The third-order valence-electron chi connectivity index (χ3n) is 4.34. The number of carbonyl (C=O) groups is 2. The average Bonchev–Trinajstić information content (AvgIpc) is 3.01. The van der Waals surface area contributed by atoms with Gasteiger partial charge in [-0.05, 0) is 51.9 Å². The van der Waals surface area contributed by atoms with Gasteiger partial charge in [0.25, 0.3) is 0 Å². The molecule has 1 heterocycles. The number of esters is 1. The third-order valence-corrected chi connectivity index (χ3v) is 4.34. The average molecular weight is 312 g/mol. The molecule has 6 heteroatoms. The van der Waals surface area contributed by atoms with Crippen LogP contribution in [0.2, 0.25) is 0 Å². The molecular weight excluding hydrogens is 284 g/mol. The lowest BCUT2D eigenvalue weighted by atomic mass is 9.93. The van der Waals surface area contributed by atoms with Crippen molar-refractivity contribution >= 4 is 12.0 Å². The summed E-state index contributed by atoms with van der Waals surface area (Å²) in [6.07, 6.45) is 6.99. The summed E-state index contributed by atoms with van der Waals surface area (Å²) in [6.45, 7) is 3.35. The van der Waals surface area contributed by atoms with Gasteiger partial charge < -0.3 is 20.1 Å². The van der Waals surface area contributed by atoms with E-state index in [9.17, 15) is 9.59 Å². The Labute approximate surface area is 132 Å². The van der Waals surface area contributed by atoms with Crippen molar-refractivity contribution in [1.82, 2.24) is 10.6 Å². The molecule has 1 aliphatic carbocycles. The highest BCUT2D eigenvalue weighted by Crippen LogP contribution is 2.23. The van der Waals surface area contributed by atoms with Gasteiger partial charge in [-0.3, -0.25) is 4.79 Å². The van der Waals surface area contributed by atoms with Crippen LogP contribution in [0.25, 0.3) is 0 Å². The van der Waals surface area contributed by atoms with Crippen LogP contribution < -0.4 is 10.6 Å². The minimum atomic E-state index is -0.115. The zero-order valence-corrected chi connectivity index (χ0v) is 13.4. The number of hydrogen-bond acceptors (Lipinski definition) is 4. The van der Waals surface area contributed by atoms with Crippen molar-refractivity contribution in [3.8, 4) is 0 Å². The summed E-state index contributed by atoms with van der Waals surface area (Å²) >= 11 is 0. The monoisotopic (exact) mass is 312 g/mol.